The summed E-state index contributed by atoms with van der Waals surface area (Å²) < 4.78 is 11.2. The fourth-order valence-electron chi connectivity index (χ4n) is 11.4. The van der Waals surface area contributed by atoms with E-state index in [9.17, 15) is 40.5 Å². The minimum atomic E-state index is -1.67. The van der Waals surface area contributed by atoms with Gasteiger partial charge in [0.25, 0.3) is 0 Å². The molecule has 488 valence electrons. The van der Waals surface area contributed by atoms with E-state index >= 15 is 0 Å². The molecule has 11 heteroatoms. The molecule has 0 bridgehead atoms. The minimum Gasteiger partial charge on any atom is -0.394 e. The maximum absolute atomic E-state index is 13.2. The normalized spacial score (nSPS) is 19.3. The summed E-state index contributed by atoms with van der Waals surface area (Å²) in [5.41, 5.74) is 0. The van der Waals surface area contributed by atoms with Gasteiger partial charge in [-0.1, -0.05) is 294 Å². The second kappa shape index (κ2) is 60.4. The number of ether oxygens (including phenoxy) is 2. The number of nitrogens with one attached hydrogen (secondary N) is 1. The van der Waals surface area contributed by atoms with E-state index in [-0.39, 0.29) is 12.8 Å². The monoisotopic (exact) mass is 1170 g/mol. The SMILES string of the molecule is CCCCCCC/C=C/CC/C=C/CC/C=C/CCCC(O)C(O)C(COC1OC(CO)C(O)C(O)C1O)NC(=O)C(O)CCCCCCCCCCCCCCCCCC/C=C\CCCCCCCCCCCCCCCCCCCC. The highest BCUT2D eigenvalue weighted by atomic mass is 16.7. The van der Waals surface area contributed by atoms with Gasteiger partial charge in [0.05, 0.1) is 25.4 Å². The molecule has 1 fully saturated rings. The molecule has 1 amide bonds. The van der Waals surface area contributed by atoms with Gasteiger partial charge in [-0.15, -0.1) is 0 Å². The van der Waals surface area contributed by atoms with Gasteiger partial charge >= 0.3 is 0 Å². The Bertz CT molecular complexity index is 1490. The third-order valence-electron chi connectivity index (χ3n) is 17.1. The van der Waals surface area contributed by atoms with Gasteiger partial charge in [-0.2, -0.15) is 0 Å². The highest BCUT2D eigenvalue weighted by molar-refractivity contribution is 5.80. The summed E-state index contributed by atoms with van der Waals surface area (Å²) >= 11 is 0. The predicted molar refractivity (Wildman–Crippen MR) is 348 cm³/mol. The lowest BCUT2D eigenvalue weighted by atomic mass is 9.98. The van der Waals surface area contributed by atoms with Gasteiger partial charge in [-0.3, -0.25) is 4.79 Å². The zero-order chi connectivity index (χ0) is 60.3. The van der Waals surface area contributed by atoms with E-state index in [4.69, 9.17) is 9.47 Å². The van der Waals surface area contributed by atoms with E-state index in [1.165, 1.54) is 244 Å². The lowest BCUT2D eigenvalue weighted by molar-refractivity contribution is -0.303. The first-order valence-electron chi connectivity index (χ1n) is 35.5. The van der Waals surface area contributed by atoms with Crippen molar-refractivity contribution in [3.8, 4) is 0 Å². The van der Waals surface area contributed by atoms with Crippen molar-refractivity contribution >= 4 is 5.91 Å². The van der Waals surface area contributed by atoms with Crippen LogP contribution in [0.15, 0.2) is 48.6 Å². The molecular formula is C72H135NO10. The Morgan fingerprint density at radius 2 is 0.723 bits per heavy atom. The van der Waals surface area contributed by atoms with Crippen LogP contribution in [0, 0.1) is 0 Å². The van der Waals surface area contributed by atoms with Crippen molar-refractivity contribution in [2.75, 3.05) is 13.2 Å². The van der Waals surface area contributed by atoms with E-state index in [0.29, 0.717) is 19.3 Å². The maximum atomic E-state index is 13.2. The van der Waals surface area contributed by atoms with Crippen molar-refractivity contribution in [2.24, 2.45) is 0 Å². The number of allylic oxidation sites excluding steroid dienone is 8. The van der Waals surface area contributed by atoms with Crippen molar-refractivity contribution in [1.82, 2.24) is 5.32 Å². The standard InChI is InChI=1S/C72H135NO10/c1-3-5-7-9-11-13-15-17-19-21-23-24-25-26-27-28-29-30-31-32-33-34-35-36-37-38-39-40-41-42-44-46-48-50-52-54-56-58-60-65(76)71(81)73-63(62-82-72-70(80)69(79)68(78)66(61-74)83-72)67(77)64(75)59-57-55-53-51-49-47-45-43-22-20-18-16-14-12-10-8-6-4-2/h16,18,32-33,43,45,51,53,63-70,72,74-80H,3-15,17,19-31,34-42,44,46-50,52,54-62H2,1-2H3,(H,73,81)/b18-16+,33-32-,45-43+,53-51+. The van der Waals surface area contributed by atoms with Crippen LogP contribution in [0.25, 0.3) is 0 Å². The van der Waals surface area contributed by atoms with Crippen molar-refractivity contribution in [3.05, 3.63) is 48.6 Å². The third kappa shape index (κ3) is 47.8. The Morgan fingerprint density at radius 3 is 1.07 bits per heavy atom. The number of hydrogen-bond donors (Lipinski definition) is 8. The lowest BCUT2D eigenvalue weighted by Gasteiger charge is -2.40. The second-order valence-corrected chi connectivity index (χ2v) is 24.9. The molecule has 0 spiro atoms. The Hall–Kier alpha value is -1.93. The molecule has 0 aromatic carbocycles. The van der Waals surface area contributed by atoms with Gasteiger partial charge in [0, 0.05) is 0 Å². The first kappa shape index (κ1) is 79.1. The van der Waals surface area contributed by atoms with Gasteiger partial charge in [0.15, 0.2) is 6.29 Å². The molecule has 1 heterocycles. The molecule has 8 N–H and O–H groups in total. The molecule has 0 radical (unpaired) electrons. The van der Waals surface area contributed by atoms with Crippen LogP contribution in [0.3, 0.4) is 0 Å². The smallest absolute Gasteiger partial charge is 0.249 e. The highest BCUT2D eigenvalue weighted by Gasteiger charge is 2.44. The molecule has 0 aliphatic carbocycles. The Kier molecular flexibility index (Phi) is 57.5. The quantitative estimate of drug-likeness (QED) is 0.0215. The number of aliphatic hydroxyl groups is 7. The maximum Gasteiger partial charge on any atom is 0.249 e. The average Bonchev–Trinajstić information content (AvgIpc) is 3.65. The molecule has 0 aromatic heterocycles. The van der Waals surface area contributed by atoms with Gasteiger partial charge in [0.2, 0.25) is 5.91 Å². The van der Waals surface area contributed by atoms with Crippen LogP contribution in [0.2, 0.25) is 0 Å². The van der Waals surface area contributed by atoms with E-state index < -0.39 is 74.2 Å². The zero-order valence-electron chi connectivity index (χ0n) is 53.9. The van der Waals surface area contributed by atoms with Crippen LogP contribution in [-0.4, -0.2) is 110 Å². The average molecular weight is 1170 g/mol. The fraction of sp³-hybridized carbons (Fsp3) is 0.875. The highest BCUT2D eigenvalue weighted by Crippen LogP contribution is 2.24. The molecule has 1 aliphatic rings. The molecule has 0 aromatic rings. The molecule has 11 nitrogen and oxygen atoms in total. The van der Waals surface area contributed by atoms with Crippen LogP contribution in [-0.2, 0) is 14.3 Å². The summed E-state index contributed by atoms with van der Waals surface area (Å²) in [7, 11) is 0. The Morgan fingerprint density at radius 1 is 0.410 bits per heavy atom. The lowest BCUT2D eigenvalue weighted by Crippen LogP contribution is -2.60. The van der Waals surface area contributed by atoms with E-state index in [2.05, 4.69) is 67.8 Å². The summed E-state index contributed by atoms with van der Waals surface area (Å²) in [6, 6.07) is -1.20. The number of carbonyl (C=O) groups is 1. The number of carbonyl (C=O) groups excluding carboxylic acids is 1. The molecular weight excluding hydrogens is 1040 g/mol. The van der Waals surface area contributed by atoms with Crippen LogP contribution in [0.5, 0.6) is 0 Å². The van der Waals surface area contributed by atoms with Gasteiger partial charge < -0.3 is 50.5 Å². The molecule has 0 saturated carbocycles. The van der Waals surface area contributed by atoms with E-state index in [1.54, 1.807) is 0 Å². The first-order valence-corrected chi connectivity index (χ1v) is 35.5. The minimum absolute atomic E-state index is 0.241. The summed E-state index contributed by atoms with van der Waals surface area (Å²) in [4.78, 5) is 13.2. The van der Waals surface area contributed by atoms with E-state index in [0.717, 1.165) is 44.9 Å². The van der Waals surface area contributed by atoms with Crippen LogP contribution in [0.4, 0.5) is 0 Å². The molecule has 9 unspecified atom stereocenters. The summed E-state index contributed by atoms with van der Waals surface area (Å²) in [6.07, 6.45) is 67.9. The summed E-state index contributed by atoms with van der Waals surface area (Å²) in [5.74, 6) is -0.709. The molecule has 1 rings (SSSR count). The van der Waals surface area contributed by atoms with Crippen LogP contribution < -0.4 is 5.32 Å². The van der Waals surface area contributed by atoms with Crippen molar-refractivity contribution in [2.45, 2.75) is 390 Å². The second-order valence-electron chi connectivity index (χ2n) is 24.9. The molecule has 83 heavy (non-hydrogen) atoms. The molecule has 1 aliphatic heterocycles. The van der Waals surface area contributed by atoms with Crippen molar-refractivity contribution in [3.63, 3.8) is 0 Å². The van der Waals surface area contributed by atoms with Gasteiger partial charge in [-0.05, 0) is 89.9 Å². The summed E-state index contributed by atoms with van der Waals surface area (Å²) in [5, 5.41) is 76.3. The van der Waals surface area contributed by atoms with E-state index in [1.807, 2.05) is 0 Å². The van der Waals surface area contributed by atoms with Crippen molar-refractivity contribution < 1.29 is 50.0 Å². The largest absolute Gasteiger partial charge is 0.394 e. The first-order chi connectivity index (χ1) is 40.7. The predicted octanol–water partition coefficient (Wildman–Crippen LogP) is 17.1. The van der Waals surface area contributed by atoms with Crippen molar-refractivity contribution in [1.29, 1.82) is 0 Å². The Balaban J connectivity index is 2.14. The molecule has 9 atom stereocenters. The van der Waals surface area contributed by atoms with Gasteiger partial charge in [-0.25, -0.2) is 0 Å². The van der Waals surface area contributed by atoms with Crippen LogP contribution in [0.1, 0.15) is 335 Å². The number of aliphatic hydroxyl groups excluding tert-OH is 7. The number of unbranched alkanes of at least 4 members (excludes halogenated alkanes) is 42. The van der Waals surface area contributed by atoms with Gasteiger partial charge in [0.1, 0.15) is 36.6 Å². The number of amides is 1. The topological polar surface area (TPSA) is 189 Å². The fourth-order valence-corrected chi connectivity index (χ4v) is 11.4. The third-order valence-corrected chi connectivity index (χ3v) is 17.1. The summed E-state index contributed by atoms with van der Waals surface area (Å²) in [6.45, 7) is 3.46. The molecule has 1 saturated heterocycles. The number of rotatable bonds is 62. The number of hydrogen-bond acceptors (Lipinski definition) is 10. The zero-order valence-corrected chi connectivity index (χ0v) is 53.9. The van der Waals surface area contributed by atoms with Crippen LogP contribution >= 0.6 is 0 Å². The Labute approximate surface area is 510 Å².